The summed E-state index contributed by atoms with van der Waals surface area (Å²) in [4.78, 5) is 10.1. The Hall–Kier alpha value is -0.910. The van der Waals surface area contributed by atoms with Crippen LogP contribution in [0.2, 0.25) is 0 Å². The molecule has 0 aliphatic carbocycles. The van der Waals surface area contributed by atoms with Crippen molar-refractivity contribution in [2.45, 2.75) is 6.54 Å². The van der Waals surface area contributed by atoms with Crippen molar-refractivity contribution < 1.29 is 14.3 Å². The summed E-state index contributed by atoms with van der Waals surface area (Å²) in [6.07, 6.45) is 1.27. The van der Waals surface area contributed by atoms with Crippen molar-refractivity contribution in [1.29, 1.82) is 0 Å². The predicted octanol–water partition coefficient (Wildman–Crippen LogP) is 0.869. The van der Waals surface area contributed by atoms with Gasteiger partial charge in [-0.05, 0) is 15.9 Å². The largest absolute Gasteiger partial charge is 0.480 e. The Bertz CT molecular complexity index is 267. The molecule has 0 aromatic carbocycles. The maximum absolute atomic E-state index is 12.4. The fourth-order valence-electron chi connectivity index (χ4n) is 0.593. The van der Waals surface area contributed by atoms with E-state index in [1.807, 2.05) is 0 Å². The van der Waals surface area contributed by atoms with Gasteiger partial charge in [0, 0.05) is 6.20 Å². The second kappa shape index (κ2) is 3.00. The molecule has 6 heteroatoms. The van der Waals surface area contributed by atoms with E-state index < -0.39 is 11.9 Å². The van der Waals surface area contributed by atoms with Gasteiger partial charge in [0.1, 0.15) is 6.54 Å². The molecule has 0 aliphatic heterocycles. The van der Waals surface area contributed by atoms with Gasteiger partial charge in [0.2, 0.25) is 5.95 Å². The van der Waals surface area contributed by atoms with Gasteiger partial charge < -0.3 is 5.11 Å². The highest BCUT2D eigenvalue weighted by molar-refractivity contribution is 9.10. The van der Waals surface area contributed by atoms with Crippen molar-refractivity contribution in [1.82, 2.24) is 9.78 Å². The molecule has 11 heavy (non-hydrogen) atoms. The lowest BCUT2D eigenvalue weighted by Gasteiger charge is -1.91. The van der Waals surface area contributed by atoms with Crippen molar-refractivity contribution in [3.05, 3.63) is 16.6 Å². The van der Waals surface area contributed by atoms with Gasteiger partial charge in [-0.1, -0.05) is 0 Å². The van der Waals surface area contributed by atoms with Crippen LogP contribution in [0.3, 0.4) is 0 Å². The lowest BCUT2D eigenvalue weighted by molar-refractivity contribution is -0.137. The third kappa shape index (κ3) is 2.01. The lowest BCUT2D eigenvalue weighted by atomic mass is 10.6. The van der Waals surface area contributed by atoms with E-state index in [0.717, 1.165) is 4.68 Å². The third-order valence-corrected chi connectivity index (χ3v) is 1.50. The third-order valence-electron chi connectivity index (χ3n) is 0.973. The molecule has 1 aromatic rings. The van der Waals surface area contributed by atoms with Gasteiger partial charge in [0.15, 0.2) is 0 Å². The average Bonchev–Trinajstić information content (AvgIpc) is 2.10. The zero-order chi connectivity index (χ0) is 8.43. The van der Waals surface area contributed by atoms with Crippen molar-refractivity contribution in [2.24, 2.45) is 0 Å². The smallest absolute Gasteiger partial charge is 0.325 e. The van der Waals surface area contributed by atoms with Crippen LogP contribution < -0.4 is 0 Å². The Morgan fingerprint density at radius 1 is 1.91 bits per heavy atom. The second-order valence-electron chi connectivity index (χ2n) is 1.86. The molecule has 60 valence electrons. The van der Waals surface area contributed by atoms with E-state index >= 15 is 0 Å². The minimum atomic E-state index is -1.06. The summed E-state index contributed by atoms with van der Waals surface area (Å²) in [5.41, 5.74) is 0. The molecule has 1 N–H and O–H groups in total. The molecule has 0 bridgehead atoms. The van der Waals surface area contributed by atoms with E-state index in [-0.39, 0.29) is 11.0 Å². The van der Waals surface area contributed by atoms with E-state index in [9.17, 15) is 9.18 Å². The molecule has 4 nitrogen and oxygen atoms in total. The zero-order valence-electron chi connectivity index (χ0n) is 5.29. The lowest BCUT2D eigenvalue weighted by Crippen LogP contribution is -2.08. The van der Waals surface area contributed by atoms with E-state index in [4.69, 9.17) is 5.11 Å². The molecule has 1 heterocycles. The Morgan fingerprint density at radius 2 is 2.55 bits per heavy atom. The summed E-state index contributed by atoms with van der Waals surface area (Å²) in [5.74, 6) is -1.76. The number of hydrogen-bond donors (Lipinski definition) is 1. The number of nitrogens with zero attached hydrogens (tertiary/aromatic N) is 2. The Labute approximate surface area is 69.8 Å². The van der Waals surface area contributed by atoms with Crippen LogP contribution >= 0.6 is 15.9 Å². The van der Waals surface area contributed by atoms with Crippen molar-refractivity contribution in [3.63, 3.8) is 0 Å². The first-order chi connectivity index (χ1) is 5.09. The van der Waals surface area contributed by atoms with E-state index in [0.29, 0.717) is 0 Å². The molecule has 0 spiro atoms. The van der Waals surface area contributed by atoms with Crippen molar-refractivity contribution in [2.75, 3.05) is 0 Å². The van der Waals surface area contributed by atoms with E-state index in [1.165, 1.54) is 6.20 Å². The van der Waals surface area contributed by atoms with Gasteiger partial charge in [-0.25, -0.2) is 0 Å². The van der Waals surface area contributed by atoms with Gasteiger partial charge in [-0.3, -0.25) is 9.48 Å². The number of hydrogen-bond acceptors (Lipinski definition) is 2. The van der Waals surface area contributed by atoms with Crippen LogP contribution in [-0.2, 0) is 11.3 Å². The summed E-state index contributed by atoms with van der Waals surface area (Å²) in [7, 11) is 0. The molecule has 0 aliphatic rings. The summed E-state index contributed by atoms with van der Waals surface area (Å²) in [5, 5.41) is 11.5. The molecular weight excluding hydrogens is 219 g/mol. The first-order valence-electron chi connectivity index (χ1n) is 2.70. The van der Waals surface area contributed by atoms with Crippen LogP contribution in [0.25, 0.3) is 0 Å². The molecular formula is C5H4BrFN2O2. The van der Waals surface area contributed by atoms with Crippen LogP contribution in [0.15, 0.2) is 10.7 Å². The number of carboxylic acid groups (broad SMARTS) is 1. The van der Waals surface area contributed by atoms with Crippen LogP contribution in [0.4, 0.5) is 4.39 Å². The first kappa shape index (κ1) is 8.19. The molecule has 0 atom stereocenters. The molecule has 1 rings (SSSR count). The second-order valence-corrected chi connectivity index (χ2v) is 2.71. The van der Waals surface area contributed by atoms with Gasteiger partial charge in [0.25, 0.3) is 0 Å². The number of carboxylic acids is 1. The molecule has 0 radical (unpaired) electrons. The average molecular weight is 223 g/mol. The Balaban J connectivity index is 2.81. The molecule has 0 amide bonds. The van der Waals surface area contributed by atoms with Crippen LogP contribution in [0.5, 0.6) is 0 Å². The number of halogens is 2. The van der Waals surface area contributed by atoms with Crippen LogP contribution in [0, 0.1) is 5.95 Å². The normalized spacial score (nSPS) is 10.0. The summed E-state index contributed by atoms with van der Waals surface area (Å²) < 4.78 is 13.6. The van der Waals surface area contributed by atoms with Crippen molar-refractivity contribution in [3.8, 4) is 0 Å². The first-order valence-corrected chi connectivity index (χ1v) is 3.49. The van der Waals surface area contributed by atoms with Crippen molar-refractivity contribution >= 4 is 21.9 Å². The molecule has 0 saturated carbocycles. The number of carbonyl (C=O) groups is 1. The summed E-state index contributed by atoms with van der Waals surface area (Å²) >= 11 is 2.85. The van der Waals surface area contributed by atoms with E-state index in [2.05, 4.69) is 21.0 Å². The van der Waals surface area contributed by atoms with Crippen LogP contribution in [-0.4, -0.2) is 20.9 Å². The topological polar surface area (TPSA) is 55.1 Å². The van der Waals surface area contributed by atoms with E-state index in [1.54, 1.807) is 0 Å². The quantitative estimate of drug-likeness (QED) is 0.809. The van der Waals surface area contributed by atoms with Crippen LogP contribution in [0.1, 0.15) is 0 Å². The van der Waals surface area contributed by atoms with Gasteiger partial charge in [-0.2, -0.15) is 4.39 Å². The standard InChI is InChI=1S/C5H4BrFN2O2/c6-3-1-9(2-4(10)11)8-5(3)7/h1H,2H2,(H,10,11). The molecule has 1 aromatic heterocycles. The minimum absolute atomic E-state index is 0.166. The highest BCUT2D eigenvalue weighted by Gasteiger charge is 2.06. The summed E-state index contributed by atoms with van der Waals surface area (Å²) in [6.45, 7) is -0.331. The zero-order valence-corrected chi connectivity index (χ0v) is 6.88. The molecule has 0 fully saturated rings. The van der Waals surface area contributed by atoms with Gasteiger partial charge in [-0.15, -0.1) is 5.10 Å². The molecule has 0 unspecified atom stereocenters. The highest BCUT2D eigenvalue weighted by Crippen LogP contribution is 2.11. The Morgan fingerprint density at radius 3 is 2.91 bits per heavy atom. The maximum Gasteiger partial charge on any atom is 0.325 e. The summed E-state index contributed by atoms with van der Waals surface area (Å²) in [6, 6.07) is 0. The van der Waals surface area contributed by atoms with Gasteiger partial charge >= 0.3 is 5.97 Å². The Kier molecular flexibility index (Phi) is 2.23. The van der Waals surface area contributed by atoms with Gasteiger partial charge in [0.05, 0.1) is 4.47 Å². The molecule has 0 saturated heterocycles. The monoisotopic (exact) mass is 222 g/mol. The maximum atomic E-state index is 12.4. The fraction of sp³-hybridized carbons (Fsp3) is 0.200. The number of aliphatic carboxylic acids is 1. The minimum Gasteiger partial charge on any atom is -0.480 e. The number of aromatic nitrogens is 2. The highest BCUT2D eigenvalue weighted by atomic mass is 79.9. The SMILES string of the molecule is O=C(O)Cn1cc(Br)c(F)n1. The number of rotatable bonds is 2. The fourth-order valence-corrected chi connectivity index (χ4v) is 0.909. The predicted molar refractivity (Wildman–Crippen MR) is 37.5 cm³/mol.